The number of hydrogen-bond acceptors (Lipinski definition) is 3. The Hall–Kier alpha value is -0.870. The van der Waals surface area contributed by atoms with Crippen LogP contribution in [0.15, 0.2) is 6.07 Å². The first-order chi connectivity index (χ1) is 10.3. The van der Waals surface area contributed by atoms with Gasteiger partial charge in [0.2, 0.25) is 0 Å². The van der Waals surface area contributed by atoms with Gasteiger partial charge in [-0.15, -0.1) is 0 Å². The number of fused-ring (bicyclic) bond motifs is 3. The maximum atomic E-state index is 9.51. The topological polar surface area (TPSA) is 41.3 Å². The third kappa shape index (κ3) is 2.33. The molecule has 3 aliphatic heterocycles. The van der Waals surface area contributed by atoms with E-state index in [0.29, 0.717) is 24.5 Å². The second-order valence-electron chi connectivity index (χ2n) is 7.32. The van der Waals surface area contributed by atoms with Crippen molar-refractivity contribution in [1.29, 1.82) is 0 Å². The van der Waals surface area contributed by atoms with Crippen LogP contribution in [0, 0.1) is 5.92 Å². The van der Waals surface area contributed by atoms with Crippen molar-refractivity contribution >= 4 is 0 Å². The number of aliphatic hydroxyl groups is 1. The summed E-state index contributed by atoms with van der Waals surface area (Å²) >= 11 is 0. The predicted molar refractivity (Wildman–Crippen MR) is 82.3 cm³/mol. The molecule has 5 rings (SSSR count). The quantitative estimate of drug-likeness (QED) is 0.928. The lowest BCUT2D eigenvalue weighted by Gasteiger charge is -2.49. The van der Waals surface area contributed by atoms with Crippen LogP contribution in [0.3, 0.4) is 0 Å². The minimum atomic E-state index is 0.321. The van der Waals surface area contributed by atoms with Crippen LogP contribution in [-0.4, -0.2) is 45.5 Å². The van der Waals surface area contributed by atoms with Gasteiger partial charge in [-0.1, -0.05) is 12.8 Å². The molecule has 3 saturated heterocycles. The van der Waals surface area contributed by atoms with Crippen LogP contribution in [0.5, 0.6) is 0 Å². The molecule has 4 nitrogen and oxygen atoms in total. The van der Waals surface area contributed by atoms with Gasteiger partial charge in [-0.2, -0.15) is 5.10 Å². The van der Waals surface area contributed by atoms with E-state index in [2.05, 4.69) is 22.7 Å². The van der Waals surface area contributed by atoms with Crippen molar-refractivity contribution in [3.8, 4) is 0 Å². The largest absolute Gasteiger partial charge is 0.395 e. The number of rotatable bonds is 3. The highest BCUT2D eigenvalue weighted by molar-refractivity contribution is 5.22. The molecule has 4 aliphatic rings. The summed E-state index contributed by atoms with van der Waals surface area (Å²) < 4.78 is 2.15. The highest BCUT2D eigenvalue weighted by atomic mass is 16.3. The molecule has 4 atom stereocenters. The van der Waals surface area contributed by atoms with Crippen molar-refractivity contribution in [1.82, 2.24) is 14.7 Å². The minimum Gasteiger partial charge on any atom is -0.395 e. The third-order valence-electron chi connectivity index (χ3n) is 6.18. The van der Waals surface area contributed by atoms with Crippen molar-refractivity contribution in [3.63, 3.8) is 0 Å². The maximum absolute atomic E-state index is 9.51. The Kier molecular flexibility index (Phi) is 3.54. The molecule has 1 N–H and O–H groups in total. The first-order valence-electron chi connectivity index (χ1n) is 8.65. The van der Waals surface area contributed by atoms with Gasteiger partial charge in [-0.25, -0.2) is 0 Å². The van der Waals surface area contributed by atoms with E-state index in [1.54, 1.807) is 0 Å². The molecule has 1 aromatic rings. The van der Waals surface area contributed by atoms with E-state index in [1.165, 1.54) is 50.0 Å². The molecular formula is C17H27N3O. The summed E-state index contributed by atoms with van der Waals surface area (Å²) in [6.45, 7) is 2.60. The molecule has 4 heteroatoms. The van der Waals surface area contributed by atoms with Crippen LogP contribution in [0.1, 0.15) is 61.7 Å². The summed E-state index contributed by atoms with van der Waals surface area (Å²) in [5.74, 6) is 2.06. The van der Waals surface area contributed by atoms with Crippen molar-refractivity contribution in [2.45, 2.75) is 56.4 Å². The molecule has 4 fully saturated rings. The highest BCUT2D eigenvalue weighted by Gasteiger charge is 2.41. The zero-order valence-electron chi connectivity index (χ0n) is 13.0. The molecule has 4 heterocycles. The molecule has 1 saturated carbocycles. The molecule has 1 unspecified atom stereocenters. The summed E-state index contributed by atoms with van der Waals surface area (Å²) in [6.07, 6.45) is 7.83. The Bertz CT molecular complexity index is 506. The fourth-order valence-corrected chi connectivity index (χ4v) is 4.94. The smallest absolute Gasteiger partial charge is 0.0658 e. The molecular weight excluding hydrogens is 262 g/mol. The summed E-state index contributed by atoms with van der Waals surface area (Å²) in [7, 11) is 2.12. The van der Waals surface area contributed by atoms with Crippen LogP contribution in [-0.2, 0) is 7.05 Å². The van der Waals surface area contributed by atoms with Crippen molar-refractivity contribution in [3.05, 3.63) is 17.5 Å². The zero-order valence-corrected chi connectivity index (χ0v) is 13.0. The van der Waals surface area contributed by atoms with Gasteiger partial charge in [0, 0.05) is 37.2 Å². The van der Waals surface area contributed by atoms with Gasteiger partial charge in [-0.05, 0) is 44.2 Å². The Labute approximate surface area is 127 Å². The number of nitrogens with zero attached hydrogens (tertiary/aromatic N) is 3. The van der Waals surface area contributed by atoms with E-state index in [-0.39, 0.29) is 0 Å². The molecule has 0 radical (unpaired) electrons. The van der Waals surface area contributed by atoms with Crippen molar-refractivity contribution in [2.24, 2.45) is 13.0 Å². The lowest BCUT2D eigenvalue weighted by atomic mass is 9.74. The Morgan fingerprint density at radius 1 is 1.29 bits per heavy atom. The molecule has 0 spiro atoms. The molecule has 0 amide bonds. The summed E-state index contributed by atoms with van der Waals surface area (Å²) in [5.41, 5.74) is 2.77. The van der Waals surface area contributed by atoms with E-state index in [0.717, 1.165) is 18.9 Å². The van der Waals surface area contributed by atoms with E-state index in [4.69, 9.17) is 5.10 Å². The first-order valence-corrected chi connectivity index (χ1v) is 8.65. The monoisotopic (exact) mass is 289 g/mol. The van der Waals surface area contributed by atoms with Crippen molar-refractivity contribution < 1.29 is 5.11 Å². The lowest BCUT2D eigenvalue weighted by molar-refractivity contribution is 0.00104. The average molecular weight is 289 g/mol. The number of hydrogen-bond donors (Lipinski definition) is 1. The summed E-state index contributed by atoms with van der Waals surface area (Å²) in [6, 6.07) is 2.80. The second-order valence-corrected chi connectivity index (χ2v) is 7.32. The third-order valence-corrected chi connectivity index (χ3v) is 6.18. The number of aliphatic hydroxyl groups excluding tert-OH is 1. The highest BCUT2D eigenvalue weighted by Crippen LogP contribution is 2.43. The molecule has 21 heavy (non-hydrogen) atoms. The van der Waals surface area contributed by atoms with E-state index < -0.39 is 0 Å². The summed E-state index contributed by atoms with van der Waals surface area (Å²) in [5, 5.41) is 14.4. The number of aryl methyl sites for hydroxylation is 1. The molecule has 1 aliphatic carbocycles. The second kappa shape index (κ2) is 5.40. The maximum Gasteiger partial charge on any atom is 0.0658 e. The van der Waals surface area contributed by atoms with Gasteiger partial charge in [0.1, 0.15) is 0 Å². The van der Waals surface area contributed by atoms with Crippen LogP contribution in [0.4, 0.5) is 0 Å². The summed E-state index contributed by atoms with van der Waals surface area (Å²) in [4.78, 5) is 2.49. The lowest BCUT2D eigenvalue weighted by Crippen LogP contribution is -2.53. The van der Waals surface area contributed by atoms with Crippen LogP contribution in [0.2, 0.25) is 0 Å². The minimum absolute atomic E-state index is 0.321. The molecule has 0 aromatic carbocycles. The fraction of sp³-hybridized carbons (Fsp3) is 0.824. The normalized spacial score (nSPS) is 36.5. The number of piperidine rings is 3. The SMILES string of the molecule is Cn1nc(C2CCCC2)cc1[C@@H]1CN2CC[C@H]1C[C@@H]2CO. The van der Waals surface area contributed by atoms with Gasteiger partial charge in [-0.3, -0.25) is 9.58 Å². The Morgan fingerprint density at radius 3 is 2.76 bits per heavy atom. The van der Waals surface area contributed by atoms with Crippen molar-refractivity contribution in [2.75, 3.05) is 19.7 Å². The molecule has 1 aromatic heterocycles. The Balaban J connectivity index is 1.57. The Morgan fingerprint density at radius 2 is 2.10 bits per heavy atom. The fourth-order valence-electron chi connectivity index (χ4n) is 4.94. The zero-order chi connectivity index (χ0) is 14.4. The van der Waals surface area contributed by atoms with Gasteiger partial charge in [0.15, 0.2) is 0 Å². The van der Waals surface area contributed by atoms with Gasteiger partial charge < -0.3 is 5.11 Å². The van der Waals surface area contributed by atoms with E-state index in [1.807, 2.05) is 0 Å². The standard InChI is InChI=1S/C17H27N3O/c1-19-17(9-16(18-19)12-4-2-3-5-12)15-10-20-7-6-13(15)8-14(20)11-21/h9,12-15,21H,2-8,10-11H2,1H3/t13-,14+,15+/m0/s1. The van der Waals surface area contributed by atoms with Crippen LogP contribution < -0.4 is 0 Å². The van der Waals surface area contributed by atoms with Crippen LogP contribution >= 0.6 is 0 Å². The van der Waals surface area contributed by atoms with E-state index in [9.17, 15) is 5.11 Å². The molecule has 116 valence electrons. The van der Waals surface area contributed by atoms with Gasteiger partial charge >= 0.3 is 0 Å². The molecule has 2 bridgehead atoms. The van der Waals surface area contributed by atoms with E-state index >= 15 is 0 Å². The van der Waals surface area contributed by atoms with Gasteiger partial charge in [0.05, 0.1) is 12.3 Å². The number of aromatic nitrogens is 2. The van der Waals surface area contributed by atoms with Gasteiger partial charge in [0.25, 0.3) is 0 Å². The average Bonchev–Trinajstić information content (AvgIpc) is 3.16. The first kappa shape index (κ1) is 13.8. The van der Waals surface area contributed by atoms with Crippen LogP contribution in [0.25, 0.3) is 0 Å². The predicted octanol–water partition coefficient (Wildman–Crippen LogP) is 2.25.